The van der Waals surface area contributed by atoms with Crippen LogP contribution < -0.4 is 5.56 Å². The number of benzene rings is 2. The van der Waals surface area contributed by atoms with E-state index in [4.69, 9.17) is 27.9 Å². The molecule has 1 atom stereocenters. The van der Waals surface area contributed by atoms with E-state index in [0.29, 0.717) is 52.1 Å². The third-order valence-corrected chi connectivity index (χ3v) is 6.40. The van der Waals surface area contributed by atoms with Crippen molar-refractivity contribution in [2.45, 2.75) is 29.8 Å². The summed E-state index contributed by atoms with van der Waals surface area (Å²) in [6, 6.07) is 12.5. The van der Waals surface area contributed by atoms with Crippen LogP contribution in [0, 0.1) is 0 Å². The highest BCUT2D eigenvalue weighted by molar-refractivity contribution is 8.00. The Hall–Kier alpha value is -2.02. The molecular weight excluding hydrogens is 419 g/mol. The first-order valence-electron chi connectivity index (χ1n) is 8.80. The van der Waals surface area contributed by atoms with Crippen LogP contribution >= 0.6 is 35.0 Å². The summed E-state index contributed by atoms with van der Waals surface area (Å²) in [6.07, 6.45) is 1.15. The molecular formula is C20H16Cl2N2O3S. The predicted molar refractivity (Wildman–Crippen MR) is 111 cm³/mol. The molecule has 3 aromatic rings. The van der Waals surface area contributed by atoms with Crippen molar-refractivity contribution in [1.29, 1.82) is 0 Å². The van der Waals surface area contributed by atoms with Crippen molar-refractivity contribution >= 4 is 51.8 Å². The molecule has 5 nitrogen and oxygen atoms in total. The number of fused-ring (bicyclic) bond motifs is 1. The SMILES string of the molecule is O=C1OCC[C@H]1Sc1nc2ccccc2c(=O)n1CCc1ccc(Cl)cc1Cl. The van der Waals surface area contributed by atoms with Crippen molar-refractivity contribution in [3.05, 3.63) is 68.4 Å². The van der Waals surface area contributed by atoms with Crippen LogP contribution in [0.5, 0.6) is 0 Å². The lowest BCUT2D eigenvalue weighted by Gasteiger charge is -2.15. The van der Waals surface area contributed by atoms with Crippen LogP contribution in [0.25, 0.3) is 10.9 Å². The second-order valence-corrected chi connectivity index (χ2v) is 8.43. The zero-order chi connectivity index (χ0) is 19.7. The number of esters is 1. The van der Waals surface area contributed by atoms with Crippen LogP contribution in [0.3, 0.4) is 0 Å². The van der Waals surface area contributed by atoms with Crippen LogP contribution in [0.1, 0.15) is 12.0 Å². The van der Waals surface area contributed by atoms with Crippen LogP contribution in [0.2, 0.25) is 10.0 Å². The average molecular weight is 435 g/mol. The molecule has 1 aliphatic heterocycles. The maximum absolute atomic E-state index is 13.1. The van der Waals surface area contributed by atoms with Gasteiger partial charge in [-0.25, -0.2) is 4.98 Å². The molecule has 2 heterocycles. The molecule has 0 saturated carbocycles. The summed E-state index contributed by atoms with van der Waals surface area (Å²) in [6.45, 7) is 0.789. The van der Waals surface area contributed by atoms with E-state index in [0.717, 1.165) is 5.56 Å². The topological polar surface area (TPSA) is 61.2 Å². The molecule has 4 rings (SSSR count). The first-order valence-corrected chi connectivity index (χ1v) is 10.4. The van der Waals surface area contributed by atoms with Crippen molar-refractivity contribution < 1.29 is 9.53 Å². The number of carbonyl (C=O) groups is 1. The molecule has 0 bridgehead atoms. The number of aryl methyl sites for hydroxylation is 1. The van der Waals surface area contributed by atoms with Gasteiger partial charge in [-0.1, -0.05) is 53.2 Å². The Morgan fingerprint density at radius 2 is 2.00 bits per heavy atom. The van der Waals surface area contributed by atoms with Gasteiger partial charge in [0.1, 0.15) is 5.25 Å². The van der Waals surface area contributed by atoms with Gasteiger partial charge >= 0.3 is 5.97 Å². The summed E-state index contributed by atoms with van der Waals surface area (Å²) >= 11 is 13.5. The van der Waals surface area contributed by atoms with E-state index in [9.17, 15) is 9.59 Å². The highest BCUT2D eigenvalue weighted by Crippen LogP contribution is 2.29. The molecule has 0 spiro atoms. The fourth-order valence-corrected chi connectivity index (χ4v) is 4.69. The zero-order valence-electron chi connectivity index (χ0n) is 14.7. The fraction of sp³-hybridized carbons (Fsp3) is 0.250. The number of hydrogen-bond donors (Lipinski definition) is 0. The lowest BCUT2D eigenvalue weighted by atomic mass is 10.1. The van der Waals surface area contributed by atoms with Gasteiger partial charge in [-0.3, -0.25) is 14.2 Å². The number of cyclic esters (lactones) is 1. The third-order valence-electron chi connectivity index (χ3n) is 4.58. The van der Waals surface area contributed by atoms with E-state index in [2.05, 4.69) is 4.98 Å². The summed E-state index contributed by atoms with van der Waals surface area (Å²) in [4.78, 5) is 29.7. The number of ether oxygens (including phenoxy) is 1. The first-order chi connectivity index (χ1) is 13.5. The molecule has 0 N–H and O–H groups in total. The number of hydrogen-bond acceptors (Lipinski definition) is 5. The fourth-order valence-electron chi connectivity index (χ4n) is 3.10. The second kappa shape index (κ2) is 8.15. The van der Waals surface area contributed by atoms with Crippen molar-refractivity contribution in [3.63, 3.8) is 0 Å². The number of thioether (sulfide) groups is 1. The quantitative estimate of drug-likeness (QED) is 0.441. The van der Waals surface area contributed by atoms with Crippen molar-refractivity contribution in [3.8, 4) is 0 Å². The van der Waals surface area contributed by atoms with Crippen LogP contribution in [0.4, 0.5) is 0 Å². The lowest BCUT2D eigenvalue weighted by molar-refractivity contribution is -0.137. The standard InChI is InChI=1S/C20H16Cl2N2O3S/c21-13-6-5-12(15(22)11-13)7-9-24-18(25)14-3-1-2-4-16(14)23-20(24)28-17-8-10-27-19(17)26/h1-6,11,17H,7-10H2/t17-/m1/s1. The van der Waals surface area contributed by atoms with Gasteiger partial charge in [0.15, 0.2) is 5.16 Å². The van der Waals surface area contributed by atoms with E-state index in [-0.39, 0.29) is 16.8 Å². The molecule has 1 aromatic heterocycles. The maximum atomic E-state index is 13.1. The smallest absolute Gasteiger partial charge is 0.319 e. The maximum Gasteiger partial charge on any atom is 0.319 e. The molecule has 2 aromatic carbocycles. The number of nitrogens with zero attached hydrogens (tertiary/aromatic N) is 2. The molecule has 1 aliphatic rings. The molecule has 0 amide bonds. The Morgan fingerprint density at radius 3 is 2.75 bits per heavy atom. The van der Waals surface area contributed by atoms with E-state index in [1.165, 1.54) is 11.8 Å². The van der Waals surface area contributed by atoms with Gasteiger partial charge in [-0.15, -0.1) is 0 Å². The van der Waals surface area contributed by atoms with Gasteiger partial charge in [0, 0.05) is 23.0 Å². The van der Waals surface area contributed by atoms with E-state index in [1.54, 1.807) is 28.8 Å². The van der Waals surface area contributed by atoms with E-state index >= 15 is 0 Å². The predicted octanol–water partition coefficient (Wildman–Crippen LogP) is 4.35. The Kier molecular flexibility index (Phi) is 5.62. The normalized spacial score (nSPS) is 16.5. The van der Waals surface area contributed by atoms with Gasteiger partial charge in [0.05, 0.1) is 17.5 Å². The molecule has 144 valence electrons. The van der Waals surface area contributed by atoms with E-state index in [1.807, 2.05) is 18.2 Å². The lowest BCUT2D eigenvalue weighted by Crippen LogP contribution is -2.25. The summed E-state index contributed by atoms with van der Waals surface area (Å²) in [5.41, 5.74) is 1.37. The number of halogens is 2. The Morgan fingerprint density at radius 1 is 1.18 bits per heavy atom. The van der Waals surface area contributed by atoms with Crippen LogP contribution in [0.15, 0.2) is 52.4 Å². The average Bonchev–Trinajstić information content (AvgIpc) is 3.07. The number of carbonyl (C=O) groups excluding carboxylic acids is 1. The Labute approximate surface area is 175 Å². The van der Waals surface area contributed by atoms with Gasteiger partial charge in [0.25, 0.3) is 5.56 Å². The van der Waals surface area contributed by atoms with Gasteiger partial charge in [-0.2, -0.15) is 0 Å². The minimum atomic E-state index is -0.349. The summed E-state index contributed by atoms with van der Waals surface area (Å²) in [5, 5.41) is 1.83. The highest BCUT2D eigenvalue weighted by atomic mass is 35.5. The zero-order valence-corrected chi connectivity index (χ0v) is 17.1. The summed E-state index contributed by atoms with van der Waals surface area (Å²) < 4.78 is 6.66. The third kappa shape index (κ3) is 3.90. The van der Waals surface area contributed by atoms with E-state index < -0.39 is 0 Å². The molecule has 0 radical (unpaired) electrons. The highest BCUT2D eigenvalue weighted by Gasteiger charge is 2.29. The minimum absolute atomic E-state index is 0.135. The molecule has 1 fully saturated rings. The summed E-state index contributed by atoms with van der Waals surface area (Å²) in [7, 11) is 0. The Balaban J connectivity index is 1.71. The van der Waals surface area contributed by atoms with Crippen LogP contribution in [-0.2, 0) is 22.5 Å². The van der Waals surface area contributed by atoms with Gasteiger partial charge in [0.2, 0.25) is 0 Å². The molecule has 8 heteroatoms. The largest absolute Gasteiger partial charge is 0.465 e. The molecule has 1 saturated heterocycles. The van der Waals surface area contributed by atoms with Crippen molar-refractivity contribution in [1.82, 2.24) is 9.55 Å². The van der Waals surface area contributed by atoms with Crippen LogP contribution in [-0.4, -0.2) is 27.4 Å². The minimum Gasteiger partial charge on any atom is -0.465 e. The second-order valence-electron chi connectivity index (χ2n) is 6.42. The van der Waals surface area contributed by atoms with Gasteiger partial charge < -0.3 is 4.74 Å². The first kappa shape index (κ1) is 19.3. The number of rotatable bonds is 5. The molecule has 0 unspecified atom stereocenters. The number of aromatic nitrogens is 2. The molecule has 28 heavy (non-hydrogen) atoms. The number of para-hydroxylation sites is 1. The van der Waals surface area contributed by atoms with Crippen molar-refractivity contribution in [2.24, 2.45) is 0 Å². The Bertz CT molecular complexity index is 1120. The summed E-state index contributed by atoms with van der Waals surface area (Å²) in [5.74, 6) is -0.264. The van der Waals surface area contributed by atoms with Crippen molar-refractivity contribution in [2.75, 3.05) is 6.61 Å². The monoisotopic (exact) mass is 434 g/mol. The van der Waals surface area contributed by atoms with Gasteiger partial charge in [-0.05, 0) is 36.2 Å². The molecule has 0 aliphatic carbocycles.